The molecule has 0 bridgehead atoms. The predicted octanol–water partition coefficient (Wildman–Crippen LogP) is 6.06. The first-order valence-corrected chi connectivity index (χ1v) is 8.10. The summed E-state index contributed by atoms with van der Waals surface area (Å²) >= 11 is 1.57. The molecule has 5 heteroatoms. The molecule has 0 aromatic heterocycles. The van der Waals surface area contributed by atoms with E-state index < -0.39 is 17.5 Å². The van der Waals surface area contributed by atoms with Gasteiger partial charge in [-0.05, 0) is 71.2 Å². The van der Waals surface area contributed by atoms with Gasteiger partial charge < -0.3 is 0 Å². The molecule has 0 atom stereocenters. The number of aryl methyl sites for hydroxylation is 1. The minimum Gasteiger partial charge on any atom is -0.251 e. The van der Waals surface area contributed by atoms with E-state index in [0.717, 1.165) is 30.5 Å². The summed E-state index contributed by atoms with van der Waals surface area (Å²) in [6, 6.07) is 6.90. The number of hydrogen-bond acceptors (Lipinski definition) is 0. The quantitative estimate of drug-likeness (QED) is 0.230. The summed E-state index contributed by atoms with van der Waals surface area (Å²) in [6.07, 6.45) is 2.72. The number of unbranched alkanes of at least 4 members (excludes halogenated alkanes) is 2. The number of alkyl halides is 1. The van der Waals surface area contributed by atoms with Crippen molar-refractivity contribution in [2.75, 3.05) is 6.67 Å². The molecule has 0 amide bonds. The molecule has 2 rings (SSSR count). The average Bonchev–Trinajstić information content (AvgIpc) is 2.49. The van der Waals surface area contributed by atoms with Crippen LogP contribution in [-0.2, 0) is 6.42 Å². The van der Waals surface area contributed by atoms with Crippen molar-refractivity contribution in [1.29, 1.82) is 0 Å². The van der Waals surface area contributed by atoms with Crippen molar-refractivity contribution >= 4 is 22.6 Å². The topological polar surface area (TPSA) is 0 Å². The number of benzene rings is 2. The summed E-state index contributed by atoms with van der Waals surface area (Å²) in [4.78, 5) is 0. The van der Waals surface area contributed by atoms with Crippen LogP contribution < -0.4 is 0 Å². The smallest absolute Gasteiger partial charge is 0.140 e. The van der Waals surface area contributed by atoms with Crippen LogP contribution in [0.4, 0.5) is 17.6 Å². The molecule has 2 aromatic carbocycles. The molecule has 0 fully saturated rings. The molecule has 0 aliphatic rings. The maximum Gasteiger partial charge on any atom is 0.140 e. The van der Waals surface area contributed by atoms with Crippen molar-refractivity contribution in [2.24, 2.45) is 0 Å². The van der Waals surface area contributed by atoms with E-state index in [1.165, 1.54) is 12.1 Å². The van der Waals surface area contributed by atoms with Gasteiger partial charge in [-0.15, -0.1) is 0 Å². The molecule has 0 nitrogen and oxygen atoms in total. The molecule has 0 unspecified atom stereocenters. The van der Waals surface area contributed by atoms with Gasteiger partial charge >= 0.3 is 0 Å². The summed E-state index contributed by atoms with van der Waals surface area (Å²) in [5, 5.41) is 0. The first-order chi connectivity index (χ1) is 10.5. The van der Waals surface area contributed by atoms with Crippen LogP contribution in [0.2, 0.25) is 0 Å². The van der Waals surface area contributed by atoms with Crippen LogP contribution >= 0.6 is 22.6 Å². The zero-order chi connectivity index (χ0) is 16.1. The third-order valence-electron chi connectivity index (χ3n) is 3.43. The maximum atomic E-state index is 14.2. The van der Waals surface area contributed by atoms with Crippen molar-refractivity contribution in [3.63, 3.8) is 0 Å². The first-order valence-electron chi connectivity index (χ1n) is 7.02. The SMILES string of the molecule is FCCCCCc1ccc(-c2cc(F)c(I)c(F)c2)c(F)c1. The lowest BCUT2D eigenvalue weighted by Gasteiger charge is -2.08. The molecule has 0 N–H and O–H groups in total. The Morgan fingerprint density at radius 2 is 1.50 bits per heavy atom. The van der Waals surface area contributed by atoms with Gasteiger partial charge in [-0.1, -0.05) is 18.6 Å². The molecule has 118 valence electrons. The van der Waals surface area contributed by atoms with Gasteiger partial charge in [0.1, 0.15) is 17.5 Å². The highest BCUT2D eigenvalue weighted by Gasteiger charge is 2.12. The predicted molar refractivity (Wildman–Crippen MR) is 88.0 cm³/mol. The molecule has 0 aliphatic carbocycles. The van der Waals surface area contributed by atoms with E-state index in [-0.39, 0.29) is 21.4 Å². The van der Waals surface area contributed by atoms with Crippen molar-refractivity contribution in [1.82, 2.24) is 0 Å². The molecule has 22 heavy (non-hydrogen) atoms. The van der Waals surface area contributed by atoms with Crippen LogP contribution in [0.3, 0.4) is 0 Å². The lowest BCUT2D eigenvalue weighted by atomic mass is 10.0. The third-order valence-corrected chi connectivity index (χ3v) is 4.46. The zero-order valence-corrected chi connectivity index (χ0v) is 14.0. The van der Waals surface area contributed by atoms with Gasteiger partial charge in [0.25, 0.3) is 0 Å². The fraction of sp³-hybridized carbons (Fsp3) is 0.294. The van der Waals surface area contributed by atoms with E-state index in [2.05, 4.69) is 0 Å². The molecule has 2 aromatic rings. The average molecular weight is 422 g/mol. The first kappa shape index (κ1) is 17.2. The summed E-state index contributed by atoms with van der Waals surface area (Å²) in [7, 11) is 0. The fourth-order valence-corrected chi connectivity index (χ4v) is 2.57. The van der Waals surface area contributed by atoms with E-state index in [1.807, 2.05) is 0 Å². The van der Waals surface area contributed by atoms with Crippen molar-refractivity contribution in [2.45, 2.75) is 25.7 Å². The Balaban J connectivity index is 2.19. The number of rotatable bonds is 6. The van der Waals surface area contributed by atoms with Crippen LogP contribution in [0.1, 0.15) is 24.8 Å². The van der Waals surface area contributed by atoms with E-state index in [4.69, 9.17) is 0 Å². The molecular formula is C17H15F4I. The molecular weight excluding hydrogens is 407 g/mol. The number of halogens is 5. The Kier molecular flexibility index (Phi) is 6.23. The van der Waals surface area contributed by atoms with Crippen molar-refractivity contribution < 1.29 is 17.6 Å². The lowest BCUT2D eigenvalue weighted by molar-refractivity contribution is 0.456. The Morgan fingerprint density at radius 1 is 0.818 bits per heavy atom. The second-order valence-corrected chi connectivity index (χ2v) is 6.15. The highest BCUT2D eigenvalue weighted by molar-refractivity contribution is 14.1. The molecule has 0 saturated carbocycles. The van der Waals surface area contributed by atoms with Crippen LogP contribution in [0.5, 0.6) is 0 Å². The van der Waals surface area contributed by atoms with Gasteiger partial charge in [-0.25, -0.2) is 13.2 Å². The van der Waals surface area contributed by atoms with Gasteiger partial charge in [0.15, 0.2) is 0 Å². The third kappa shape index (κ3) is 4.21. The summed E-state index contributed by atoms with van der Waals surface area (Å²) < 4.78 is 53.2. The lowest BCUT2D eigenvalue weighted by Crippen LogP contribution is -1.94. The van der Waals surface area contributed by atoms with Crippen LogP contribution in [0.25, 0.3) is 11.1 Å². The van der Waals surface area contributed by atoms with Gasteiger partial charge in [-0.3, -0.25) is 4.39 Å². The highest BCUT2D eigenvalue weighted by atomic mass is 127. The summed E-state index contributed by atoms with van der Waals surface area (Å²) in [5.41, 5.74) is 1.14. The van der Waals surface area contributed by atoms with Crippen LogP contribution in [0.15, 0.2) is 30.3 Å². The van der Waals surface area contributed by atoms with Gasteiger partial charge in [0.2, 0.25) is 0 Å². The normalized spacial score (nSPS) is 11.0. The Morgan fingerprint density at radius 3 is 2.09 bits per heavy atom. The molecule has 0 spiro atoms. The molecule has 0 radical (unpaired) electrons. The van der Waals surface area contributed by atoms with Crippen molar-refractivity contribution in [3.05, 3.63) is 56.9 Å². The molecule has 0 saturated heterocycles. The van der Waals surface area contributed by atoms with E-state index in [0.29, 0.717) is 12.8 Å². The molecule has 0 heterocycles. The monoisotopic (exact) mass is 422 g/mol. The van der Waals surface area contributed by atoms with E-state index in [1.54, 1.807) is 28.7 Å². The molecule has 0 aliphatic heterocycles. The van der Waals surface area contributed by atoms with Crippen LogP contribution in [0, 0.1) is 21.0 Å². The zero-order valence-electron chi connectivity index (χ0n) is 11.8. The van der Waals surface area contributed by atoms with Gasteiger partial charge in [0, 0.05) is 5.56 Å². The van der Waals surface area contributed by atoms with Crippen molar-refractivity contribution in [3.8, 4) is 11.1 Å². The van der Waals surface area contributed by atoms with Gasteiger partial charge in [-0.2, -0.15) is 0 Å². The number of hydrogen-bond donors (Lipinski definition) is 0. The second-order valence-electron chi connectivity index (χ2n) is 5.07. The highest BCUT2D eigenvalue weighted by Crippen LogP contribution is 2.28. The van der Waals surface area contributed by atoms with E-state index >= 15 is 0 Å². The largest absolute Gasteiger partial charge is 0.251 e. The minimum absolute atomic E-state index is 0.105. The maximum absolute atomic E-state index is 14.2. The second kappa shape index (κ2) is 7.94. The van der Waals surface area contributed by atoms with Gasteiger partial charge in [0.05, 0.1) is 10.2 Å². The summed E-state index contributed by atoms with van der Waals surface area (Å²) in [6.45, 7) is -0.336. The Hall–Kier alpha value is -1.11. The standard InChI is InChI=1S/C17H15F4I/c18-7-3-1-2-4-11-5-6-13(14(19)8-11)12-9-15(20)17(22)16(21)10-12/h5-6,8-10H,1-4,7H2. The van der Waals surface area contributed by atoms with E-state index in [9.17, 15) is 17.6 Å². The fourth-order valence-electron chi connectivity index (χ4n) is 2.26. The summed E-state index contributed by atoms with van der Waals surface area (Å²) in [5.74, 6) is -1.92. The minimum atomic E-state index is -0.703. The van der Waals surface area contributed by atoms with Crippen LogP contribution in [-0.4, -0.2) is 6.67 Å². The Bertz CT molecular complexity index is 632. The Labute approximate surface area is 140 Å².